The molecule has 0 N–H and O–H groups in total. The van der Waals surface area contributed by atoms with Gasteiger partial charge in [-0.15, -0.1) is 0 Å². The van der Waals surface area contributed by atoms with Crippen molar-refractivity contribution in [2.75, 3.05) is 24.6 Å². The van der Waals surface area contributed by atoms with Crippen molar-refractivity contribution in [3.8, 4) is 0 Å². The van der Waals surface area contributed by atoms with Crippen LogP contribution >= 0.6 is 0 Å². The number of anilines is 1. The Balaban J connectivity index is 1.65. The maximum atomic E-state index is 6.01. The highest BCUT2D eigenvalue weighted by molar-refractivity contribution is 5.86. The fraction of sp³-hybridized carbons (Fsp3) is 0.412. The van der Waals surface area contributed by atoms with E-state index < -0.39 is 0 Å². The van der Waals surface area contributed by atoms with Crippen molar-refractivity contribution in [1.82, 2.24) is 24.7 Å². The van der Waals surface area contributed by atoms with Gasteiger partial charge < -0.3 is 9.64 Å². The van der Waals surface area contributed by atoms with Crippen LogP contribution in [-0.4, -0.2) is 50.5 Å². The lowest BCUT2D eigenvalue weighted by Gasteiger charge is -2.26. The molecule has 0 spiro atoms. The molecule has 124 valence electrons. The number of aromatic nitrogens is 5. The summed E-state index contributed by atoms with van der Waals surface area (Å²) in [5, 5.41) is 5.27. The number of ether oxygens (including phenoxy) is 1. The van der Waals surface area contributed by atoms with E-state index in [0.29, 0.717) is 0 Å². The first-order chi connectivity index (χ1) is 11.8. The Bertz CT molecular complexity index is 819. The first-order valence-corrected chi connectivity index (χ1v) is 8.23. The molecule has 24 heavy (non-hydrogen) atoms. The SMILES string of the molecule is Cc1nc(N2CCCOC(Cn3cccn3)C2)c2cccnc2n1. The number of fused-ring (bicyclic) bond motifs is 1. The summed E-state index contributed by atoms with van der Waals surface area (Å²) in [4.78, 5) is 15.8. The lowest BCUT2D eigenvalue weighted by molar-refractivity contribution is 0.0543. The quantitative estimate of drug-likeness (QED) is 0.732. The van der Waals surface area contributed by atoms with Crippen molar-refractivity contribution in [3.63, 3.8) is 0 Å². The molecule has 7 heteroatoms. The summed E-state index contributed by atoms with van der Waals surface area (Å²) >= 11 is 0. The molecule has 1 aliphatic heterocycles. The van der Waals surface area contributed by atoms with Crippen molar-refractivity contribution in [2.45, 2.75) is 26.0 Å². The van der Waals surface area contributed by atoms with E-state index in [1.807, 2.05) is 36.0 Å². The highest BCUT2D eigenvalue weighted by atomic mass is 16.5. The molecule has 0 aliphatic carbocycles. The second-order valence-electron chi connectivity index (χ2n) is 5.99. The van der Waals surface area contributed by atoms with Gasteiger partial charge in [0.15, 0.2) is 5.65 Å². The average molecular weight is 324 g/mol. The van der Waals surface area contributed by atoms with Crippen LogP contribution in [0.2, 0.25) is 0 Å². The first-order valence-electron chi connectivity index (χ1n) is 8.23. The van der Waals surface area contributed by atoms with Crippen molar-refractivity contribution < 1.29 is 4.74 Å². The topological polar surface area (TPSA) is 69.0 Å². The molecule has 0 amide bonds. The van der Waals surface area contributed by atoms with Crippen LogP contribution in [0, 0.1) is 6.92 Å². The predicted molar refractivity (Wildman–Crippen MR) is 90.9 cm³/mol. The fourth-order valence-corrected chi connectivity index (χ4v) is 3.11. The van der Waals surface area contributed by atoms with Gasteiger partial charge in [-0.3, -0.25) is 4.68 Å². The Morgan fingerprint density at radius 2 is 2.21 bits per heavy atom. The molecule has 1 saturated heterocycles. The number of hydrogen-bond donors (Lipinski definition) is 0. The number of pyridine rings is 1. The van der Waals surface area contributed by atoms with Crippen LogP contribution < -0.4 is 4.90 Å². The van der Waals surface area contributed by atoms with Crippen molar-refractivity contribution in [1.29, 1.82) is 0 Å². The summed E-state index contributed by atoms with van der Waals surface area (Å²) in [6, 6.07) is 5.90. The third-order valence-corrected chi connectivity index (χ3v) is 4.16. The van der Waals surface area contributed by atoms with E-state index in [4.69, 9.17) is 9.72 Å². The van der Waals surface area contributed by atoms with Gasteiger partial charge in [-0.1, -0.05) is 0 Å². The molecule has 0 saturated carbocycles. The van der Waals surface area contributed by atoms with Gasteiger partial charge in [-0.05, 0) is 31.5 Å². The molecule has 7 nitrogen and oxygen atoms in total. The second-order valence-corrected chi connectivity index (χ2v) is 5.99. The molecule has 0 radical (unpaired) electrons. The minimum Gasteiger partial charge on any atom is -0.374 e. The Kier molecular flexibility index (Phi) is 4.08. The van der Waals surface area contributed by atoms with Crippen LogP contribution in [0.3, 0.4) is 0 Å². The highest BCUT2D eigenvalue weighted by Gasteiger charge is 2.22. The van der Waals surface area contributed by atoms with Gasteiger partial charge in [-0.25, -0.2) is 15.0 Å². The molecule has 0 aromatic carbocycles. The lowest BCUT2D eigenvalue weighted by atomic mass is 10.2. The maximum Gasteiger partial charge on any atom is 0.164 e. The molecule has 1 atom stereocenters. The van der Waals surface area contributed by atoms with Gasteiger partial charge in [0, 0.05) is 38.3 Å². The van der Waals surface area contributed by atoms with E-state index in [0.717, 1.165) is 55.3 Å². The minimum absolute atomic E-state index is 0.0781. The maximum absolute atomic E-state index is 6.01. The van der Waals surface area contributed by atoms with Crippen LogP contribution in [0.4, 0.5) is 5.82 Å². The minimum atomic E-state index is 0.0781. The zero-order chi connectivity index (χ0) is 16.4. The molecular weight excluding hydrogens is 304 g/mol. The molecule has 1 unspecified atom stereocenters. The van der Waals surface area contributed by atoms with Crippen LogP contribution in [0.15, 0.2) is 36.8 Å². The summed E-state index contributed by atoms with van der Waals surface area (Å²) in [6.07, 6.45) is 6.58. The first kappa shape index (κ1) is 15.0. The zero-order valence-corrected chi connectivity index (χ0v) is 13.7. The van der Waals surface area contributed by atoms with E-state index in [1.165, 1.54) is 0 Å². The molecule has 0 bridgehead atoms. The molecule has 3 aromatic rings. The number of aryl methyl sites for hydroxylation is 1. The Labute approximate surface area is 140 Å². The summed E-state index contributed by atoms with van der Waals surface area (Å²) in [5.41, 5.74) is 0.744. The third-order valence-electron chi connectivity index (χ3n) is 4.16. The van der Waals surface area contributed by atoms with E-state index in [9.17, 15) is 0 Å². The van der Waals surface area contributed by atoms with E-state index in [2.05, 4.69) is 20.0 Å². The number of nitrogens with zero attached hydrogens (tertiary/aromatic N) is 6. The van der Waals surface area contributed by atoms with E-state index in [-0.39, 0.29) is 6.10 Å². The largest absolute Gasteiger partial charge is 0.374 e. The number of hydrogen-bond acceptors (Lipinski definition) is 6. The summed E-state index contributed by atoms with van der Waals surface area (Å²) in [5.74, 6) is 1.69. The molecule has 1 aliphatic rings. The Morgan fingerprint density at radius 3 is 3.08 bits per heavy atom. The predicted octanol–water partition coefficient (Wildman–Crippen LogP) is 1.83. The standard InChI is InChI=1S/C17H20N6O/c1-13-20-16-15(5-2-6-18-16)17(21-13)22-8-4-10-24-14(11-22)12-23-9-3-7-19-23/h2-3,5-7,9,14H,4,8,10-12H2,1H3. The lowest BCUT2D eigenvalue weighted by Crippen LogP contribution is -2.35. The van der Waals surface area contributed by atoms with E-state index >= 15 is 0 Å². The van der Waals surface area contributed by atoms with Crippen molar-refractivity contribution in [3.05, 3.63) is 42.6 Å². The molecule has 3 aromatic heterocycles. The van der Waals surface area contributed by atoms with Gasteiger partial charge in [0.25, 0.3) is 0 Å². The van der Waals surface area contributed by atoms with Gasteiger partial charge in [0.1, 0.15) is 11.6 Å². The summed E-state index contributed by atoms with van der Waals surface area (Å²) in [6.45, 7) is 5.09. The van der Waals surface area contributed by atoms with Crippen LogP contribution in [0.1, 0.15) is 12.2 Å². The van der Waals surface area contributed by atoms with Gasteiger partial charge in [0.2, 0.25) is 0 Å². The number of rotatable bonds is 3. The van der Waals surface area contributed by atoms with Gasteiger partial charge in [-0.2, -0.15) is 5.10 Å². The molecule has 4 heterocycles. The highest BCUT2D eigenvalue weighted by Crippen LogP contribution is 2.24. The van der Waals surface area contributed by atoms with Crippen LogP contribution in [-0.2, 0) is 11.3 Å². The van der Waals surface area contributed by atoms with Crippen molar-refractivity contribution in [2.24, 2.45) is 0 Å². The summed E-state index contributed by atoms with van der Waals surface area (Å²) in [7, 11) is 0. The fourth-order valence-electron chi connectivity index (χ4n) is 3.11. The third kappa shape index (κ3) is 3.07. The zero-order valence-electron chi connectivity index (χ0n) is 13.7. The molecule has 4 rings (SSSR count). The molecule has 1 fully saturated rings. The Morgan fingerprint density at radius 1 is 1.25 bits per heavy atom. The van der Waals surface area contributed by atoms with E-state index in [1.54, 1.807) is 12.4 Å². The monoisotopic (exact) mass is 324 g/mol. The van der Waals surface area contributed by atoms with Gasteiger partial charge >= 0.3 is 0 Å². The smallest absolute Gasteiger partial charge is 0.164 e. The second kappa shape index (κ2) is 6.52. The average Bonchev–Trinajstić information content (AvgIpc) is 2.98. The normalized spacial score (nSPS) is 18.7. The van der Waals surface area contributed by atoms with Crippen LogP contribution in [0.25, 0.3) is 11.0 Å². The van der Waals surface area contributed by atoms with Gasteiger partial charge in [0.05, 0.1) is 18.0 Å². The Hall–Kier alpha value is -2.54. The summed E-state index contributed by atoms with van der Waals surface area (Å²) < 4.78 is 7.92. The molecular formula is C17H20N6O. The van der Waals surface area contributed by atoms with Crippen LogP contribution in [0.5, 0.6) is 0 Å². The van der Waals surface area contributed by atoms with Crippen molar-refractivity contribution >= 4 is 16.9 Å².